The second-order valence-corrected chi connectivity index (χ2v) is 5.18. The number of likely N-dealkylation sites (N-methyl/N-ethyl adjacent to an activating group) is 1. The topological polar surface area (TPSA) is 81.8 Å². The van der Waals surface area contributed by atoms with E-state index in [2.05, 4.69) is 42.5 Å². The lowest BCUT2D eigenvalue weighted by Crippen LogP contribution is -2.31. The van der Waals surface area contributed by atoms with Crippen LogP contribution in [-0.2, 0) is 0 Å². The van der Waals surface area contributed by atoms with Gasteiger partial charge in [-0.2, -0.15) is 9.97 Å². The van der Waals surface area contributed by atoms with Gasteiger partial charge in [0.2, 0.25) is 5.95 Å². The molecule has 1 saturated heterocycles. The van der Waals surface area contributed by atoms with Gasteiger partial charge in [0, 0.05) is 19.1 Å². The van der Waals surface area contributed by atoms with Crippen LogP contribution in [0.1, 0.15) is 19.8 Å². The molecule has 3 N–H and O–H groups in total. The van der Waals surface area contributed by atoms with E-state index in [-0.39, 0.29) is 0 Å². The first kappa shape index (κ1) is 13.1. The maximum Gasteiger partial charge on any atom is 0.226 e. The van der Waals surface area contributed by atoms with E-state index in [4.69, 9.17) is 0 Å². The molecule has 0 amide bonds. The van der Waals surface area contributed by atoms with Crippen LogP contribution in [0.4, 0.5) is 11.8 Å². The molecule has 3 rings (SSSR count). The molecule has 7 nitrogen and oxygen atoms in total. The first-order chi connectivity index (χ1) is 9.78. The lowest BCUT2D eigenvalue weighted by Gasteiger charge is -2.20. The van der Waals surface area contributed by atoms with Gasteiger partial charge in [0.1, 0.15) is 5.52 Å². The molecule has 1 aliphatic heterocycles. The number of fused-ring (bicyclic) bond motifs is 1. The molecule has 108 valence electrons. The Morgan fingerprint density at radius 2 is 2.30 bits per heavy atom. The molecular weight excluding hydrogens is 254 g/mol. The summed E-state index contributed by atoms with van der Waals surface area (Å²) in [6.45, 7) is 4.89. The van der Waals surface area contributed by atoms with Crippen LogP contribution in [0.3, 0.4) is 0 Å². The standard InChI is InChI=1S/C13H21N7/c1-3-14-13-18-11(10-12(19-13)17-8-16-10)15-7-9-5-4-6-20(9)2/h8-9H,3-7H2,1-2H3,(H3,14,15,16,17,18,19). The minimum atomic E-state index is 0.575. The average molecular weight is 275 g/mol. The Kier molecular flexibility index (Phi) is 3.68. The van der Waals surface area contributed by atoms with Gasteiger partial charge in [0.05, 0.1) is 6.33 Å². The van der Waals surface area contributed by atoms with Gasteiger partial charge in [-0.3, -0.25) is 0 Å². The lowest BCUT2D eigenvalue weighted by molar-refractivity contribution is 0.322. The predicted molar refractivity (Wildman–Crippen MR) is 80.0 cm³/mol. The van der Waals surface area contributed by atoms with E-state index in [0.717, 1.165) is 24.4 Å². The number of nitrogens with one attached hydrogen (secondary N) is 3. The number of anilines is 2. The molecule has 0 radical (unpaired) electrons. The summed E-state index contributed by atoms with van der Waals surface area (Å²) in [4.78, 5) is 18.6. The summed E-state index contributed by atoms with van der Waals surface area (Å²) in [6.07, 6.45) is 4.16. The van der Waals surface area contributed by atoms with Crippen molar-refractivity contribution in [2.75, 3.05) is 37.3 Å². The van der Waals surface area contributed by atoms with Crippen LogP contribution in [0.2, 0.25) is 0 Å². The molecule has 2 aromatic rings. The molecule has 2 aromatic heterocycles. The summed E-state index contributed by atoms with van der Waals surface area (Å²) < 4.78 is 0. The normalized spacial score (nSPS) is 19.6. The summed E-state index contributed by atoms with van der Waals surface area (Å²) in [7, 11) is 2.18. The first-order valence-corrected chi connectivity index (χ1v) is 7.17. The molecule has 1 aliphatic rings. The molecule has 1 fully saturated rings. The Hall–Kier alpha value is -1.89. The van der Waals surface area contributed by atoms with Crippen LogP contribution in [0.15, 0.2) is 6.33 Å². The van der Waals surface area contributed by atoms with Gasteiger partial charge in [0.25, 0.3) is 0 Å². The third-order valence-corrected chi connectivity index (χ3v) is 3.80. The molecule has 0 aliphatic carbocycles. The van der Waals surface area contributed by atoms with Gasteiger partial charge in [-0.25, -0.2) is 4.98 Å². The first-order valence-electron chi connectivity index (χ1n) is 7.17. The number of hydrogen-bond donors (Lipinski definition) is 3. The van der Waals surface area contributed by atoms with Crippen molar-refractivity contribution in [3.05, 3.63) is 6.33 Å². The smallest absolute Gasteiger partial charge is 0.226 e. The van der Waals surface area contributed by atoms with E-state index in [0.29, 0.717) is 17.6 Å². The Labute approximate surface area is 118 Å². The molecule has 1 atom stereocenters. The molecule has 3 heterocycles. The summed E-state index contributed by atoms with van der Waals surface area (Å²) in [6, 6.07) is 0.575. The van der Waals surface area contributed by atoms with Crippen LogP contribution < -0.4 is 10.6 Å². The second kappa shape index (κ2) is 5.62. The SMILES string of the molecule is CCNc1nc(NCC2CCCN2C)c2[nH]cnc2n1. The number of nitrogens with zero attached hydrogens (tertiary/aromatic N) is 4. The highest BCUT2D eigenvalue weighted by Crippen LogP contribution is 2.20. The van der Waals surface area contributed by atoms with Crippen molar-refractivity contribution < 1.29 is 0 Å². The summed E-state index contributed by atoms with van der Waals surface area (Å²) in [5.74, 6) is 1.44. The number of aromatic amines is 1. The summed E-state index contributed by atoms with van der Waals surface area (Å²) in [5.41, 5.74) is 1.56. The van der Waals surface area contributed by atoms with Crippen molar-refractivity contribution >= 4 is 22.9 Å². The predicted octanol–water partition coefficient (Wildman–Crippen LogP) is 1.29. The molecule has 20 heavy (non-hydrogen) atoms. The third-order valence-electron chi connectivity index (χ3n) is 3.80. The molecule has 0 aromatic carbocycles. The van der Waals surface area contributed by atoms with Gasteiger partial charge in [-0.15, -0.1) is 0 Å². The van der Waals surface area contributed by atoms with Gasteiger partial charge in [-0.1, -0.05) is 0 Å². The fourth-order valence-electron chi connectivity index (χ4n) is 2.65. The minimum Gasteiger partial charge on any atom is -0.367 e. The Bertz CT molecular complexity index is 579. The van der Waals surface area contributed by atoms with Crippen molar-refractivity contribution in [1.29, 1.82) is 0 Å². The molecule has 1 unspecified atom stereocenters. The van der Waals surface area contributed by atoms with Crippen LogP contribution >= 0.6 is 0 Å². The van der Waals surface area contributed by atoms with E-state index < -0.39 is 0 Å². The molecule has 7 heteroatoms. The summed E-state index contributed by atoms with van der Waals surface area (Å²) >= 11 is 0. The number of imidazole rings is 1. The minimum absolute atomic E-state index is 0.575. The van der Waals surface area contributed by atoms with Gasteiger partial charge in [-0.05, 0) is 33.4 Å². The number of likely N-dealkylation sites (tertiary alicyclic amines) is 1. The number of hydrogen-bond acceptors (Lipinski definition) is 6. The molecule has 0 saturated carbocycles. The largest absolute Gasteiger partial charge is 0.367 e. The van der Waals surface area contributed by atoms with E-state index in [1.807, 2.05) is 6.92 Å². The maximum atomic E-state index is 4.53. The van der Waals surface area contributed by atoms with Crippen molar-refractivity contribution in [2.24, 2.45) is 0 Å². The zero-order valence-electron chi connectivity index (χ0n) is 12.0. The molecule has 0 spiro atoms. The van der Waals surface area contributed by atoms with Gasteiger partial charge < -0.3 is 20.5 Å². The van der Waals surface area contributed by atoms with Crippen molar-refractivity contribution in [3.63, 3.8) is 0 Å². The van der Waals surface area contributed by atoms with Crippen LogP contribution in [-0.4, -0.2) is 57.6 Å². The van der Waals surface area contributed by atoms with Crippen LogP contribution in [0.25, 0.3) is 11.2 Å². The van der Waals surface area contributed by atoms with Gasteiger partial charge >= 0.3 is 0 Å². The van der Waals surface area contributed by atoms with E-state index >= 15 is 0 Å². The Balaban J connectivity index is 1.80. The summed E-state index contributed by atoms with van der Waals surface area (Å²) in [5, 5.41) is 6.58. The highest BCUT2D eigenvalue weighted by Gasteiger charge is 2.21. The van der Waals surface area contributed by atoms with Crippen molar-refractivity contribution in [3.8, 4) is 0 Å². The monoisotopic (exact) mass is 275 g/mol. The second-order valence-electron chi connectivity index (χ2n) is 5.18. The number of rotatable bonds is 5. The average Bonchev–Trinajstić information content (AvgIpc) is 3.05. The Morgan fingerprint density at radius 3 is 3.05 bits per heavy atom. The fraction of sp³-hybridized carbons (Fsp3) is 0.615. The number of H-pyrrole nitrogens is 1. The number of aromatic nitrogens is 4. The van der Waals surface area contributed by atoms with E-state index in [1.54, 1.807) is 6.33 Å². The maximum absolute atomic E-state index is 4.53. The lowest BCUT2D eigenvalue weighted by atomic mass is 10.2. The van der Waals surface area contributed by atoms with Crippen molar-refractivity contribution in [1.82, 2.24) is 24.8 Å². The van der Waals surface area contributed by atoms with Crippen molar-refractivity contribution in [2.45, 2.75) is 25.8 Å². The zero-order chi connectivity index (χ0) is 13.9. The fourth-order valence-corrected chi connectivity index (χ4v) is 2.65. The van der Waals surface area contributed by atoms with E-state index in [1.165, 1.54) is 19.4 Å². The highest BCUT2D eigenvalue weighted by atomic mass is 15.2. The molecular formula is C13H21N7. The van der Waals surface area contributed by atoms with Gasteiger partial charge in [0.15, 0.2) is 11.5 Å². The van der Waals surface area contributed by atoms with Crippen LogP contribution in [0, 0.1) is 0 Å². The highest BCUT2D eigenvalue weighted by molar-refractivity contribution is 5.83. The molecule has 0 bridgehead atoms. The zero-order valence-corrected chi connectivity index (χ0v) is 12.0. The van der Waals surface area contributed by atoms with Crippen LogP contribution in [0.5, 0.6) is 0 Å². The third kappa shape index (κ3) is 2.53. The quantitative estimate of drug-likeness (QED) is 0.763. The van der Waals surface area contributed by atoms with E-state index in [9.17, 15) is 0 Å². The Morgan fingerprint density at radius 1 is 1.40 bits per heavy atom.